The molecule has 0 amide bonds. The molecule has 90 valence electrons. The minimum Gasteiger partial charge on any atom is -0.269 e. The Labute approximate surface area is 114 Å². The van der Waals surface area contributed by atoms with Gasteiger partial charge < -0.3 is 0 Å². The van der Waals surface area contributed by atoms with Gasteiger partial charge in [-0.05, 0) is 48.7 Å². The molecule has 3 nitrogen and oxygen atoms in total. The Morgan fingerprint density at radius 2 is 1.82 bits per heavy atom. The molecule has 5 heteroatoms. The third kappa shape index (κ3) is 2.24. The van der Waals surface area contributed by atoms with Crippen LogP contribution in [0.4, 0.5) is 0 Å². The second-order valence-electron chi connectivity index (χ2n) is 3.96. The number of benzene rings is 1. The van der Waals surface area contributed by atoms with E-state index < -0.39 is 0 Å². The van der Waals surface area contributed by atoms with Crippen LogP contribution in [-0.2, 0) is 6.42 Å². The highest BCUT2D eigenvalue weighted by Gasteiger charge is 2.15. The number of hydrogen-bond acceptors (Lipinski definition) is 2. The first-order chi connectivity index (χ1) is 8.04. The molecule has 1 aromatic carbocycles. The second kappa shape index (κ2) is 4.78. The van der Waals surface area contributed by atoms with Crippen molar-refractivity contribution in [2.24, 2.45) is 0 Å². The van der Waals surface area contributed by atoms with Crippen LogP contribution < -0.4 is 0 Å². The van der Waals surface area contributed by atoms with Crippen molar-refractivity contribution in [2.75, 3.05) is 0 Å². The maximum absolute atomic E-state index is 6.12. The summed E-state index contributed by atoms with van der Waals surface area (Å²) in [4.78, 5) is 0. The predicted molar refractivity (Wildman–Crippen MR) is 72.9 cm³/mol. The summed E-state index contributed by atoms with van der Waals surface area (Å²) < 4.78 is 2.98. The standard InChI is InChI=1S/C12H13BrClN3/c1-4-10-15-16-12(14)17(10)11-7(2)5-9(13)6-8(11)3/h5-6H,4H2,1-3H3. The number of halogens is 2. The normalized spacial score (nSPS) is 10.9. The van der Waals surface area contributed by atoms with Gasteiger partial charge in [-0.2, -0.15) is 0 Å². The van der Waals surface area contributed by atoms with Crippen molar-refractivity contribution in [3.05, 3.63) is 38.8 Å². The molecule has 0 bridgehead atoms. The maximum atomic E-state index is 6.12. The molecule has 17 heavy (non-hydrogen) atoms. The topological polar surface area (TPSA) is 30.7 Å². The van der Waals surface area contributed by atoms with Crippen molar-refractivity contribution in [1.82, 2.24) is 14.8 Å². The lowest BCUT2D eigenvalue weighted by Gasteiger charge is -2.13. The van der Waals surface area contributed by atoms with Crippen molar-refractivity contribution in [3.8, 4) is 5.69 Å². The van der Waals surface area contributed by atoms with Gasteiger partial charge in [-0.3, -0.25) is 4.57 Å². The number of rotatable bonds is 2. The zero-order chi connectivity index (χ0) is 12.6. The molecule has 1 heterocycles. The molecule has 2 rings (SSSR count). The van der Waals surface area contributed by atoms with E-state index >= 15 is 0 Å². The molecule has 0 saturated heterocycles. The van der Waals surface area contributed by atoms with Crippen LogP contribution in [0, 0.1) is 13.8 Å². The van der Waals surface area contributed by atoms with Gasteiger partial charge in [0.25, 0.3) is 0 Å². The first-order valence-corrected chi connectivity index (χ1v) is 6.58. The molecule has 0 atom stereocenters. The lowest BCUT2D eigenvalue weighted by Crippen LogP contribution is -2.05. The van der Waals surface area contributed by atoms with Crippen molar-refractivity contribution in [3.63, 3.8) is 0 Å². The van der Waals surface area contributed by atoms with E-state index in [9.17, 15) is 0 Å². The van der Waals surface area contributed by atoms with Crippen LogP contribution in [0.1, 0.15) is 23.9 Å². The first-order valence-electron chi connectivity index (χ1n) is 5.41. The maximum Gasteiger partial charge on any atom is 0.229 e. The van der Waals surface area contributed by atoms with E-state index in [0.29, 0.717) is 5.28 Å². The van der Waals surface area contributed by atoms with Crippen molar-refractivity contribution in [1.29, 1.82) is 0 Å². The molecule has 0 aliphatic heterocycles. The summed E-state index contributed by atoms with van der Waals surface area (Å²) in [7, 11) is 0. The molecule has 0 aliphatic carbocycles. The average Bonchev–Trinajstić information content (AvgIpc) is 2.59. The Hall–Kier alpha value is -0.870. The summed E-state index contributed by atoms with van der Waals surface area (Å²) in [6.07, 6.45) is 0.800. The third-order valence-electron chi connectivity index (χ3n) is 2.69. The molecular formula is C12H13BrClN3. The Kier molecular flexibility index (Phi) is 3.54. The molecule has 0 saturated carbocycles. The van der Waals surface area contributed by atoms with Crippen LogP contribution in [-0.4, -0.2) is 14.8 Å². The predicted octanol–water partition coefficient (Wildman–Crippen LogP) is 3.86. The molecular weight excluding hydrogens is 302 g/mol. The van der Waals surface area contributed by atoms with E-state index in [1.807, 2.05) is 11.5 Å². The van der Waals surface area contributed by atoms with E-state index in [1.165, 1.54) is 0 Å². The summed E-state index contributed by atoms with van der Waals surface area (Å²) in [5.74, 6) is 0.878. The number of aryl methyl sites for hydroxylation is 3. The summed E-state index contributed by atoms with van der Waals surface area (Å²) in [5, 5.41) is 8.43. The van der Waals surface area contributed by atoms with Gasteiger partial charge in [0.2, 0.25) is 5.28 Å². The Morgan fingerprint density at radius 3 is 2.35 bits per heavy atom. The molecule has 0 aliphatic rings. The molecule has 2 aromatic rings. The second-order valence-corrected chi connectivity index (χ2v) is 5.22. The zero-order valence-corrected chi connectivity index (χ0v) is 12.3. The third-order valence-corrected chi connectivity index (χ3v) is 3.39. The Morgan fingerprint density at radius 1 is 1.24 bits per heavy atom. The molecule has 0 unspecified atom stereocenters. The van der Waals surface area contributed by atoms with Gasteiger partial charge in [0.1, 0.15) is 5.82 Å². The average molecular weight is 315 g/mol. The van der Waals surface area contributed by atoms with Crippen molar-refractivity contribution >= 4 is 27.5 Å². The molecule has 0 radical (unpaired) electrons. The largest absolute Gasteiger partial charge is 0.269 e. The number of nitrogens with zero attached hydrogens (tertiary/aromatic N) is 3. The fourth-order valence-corrected chi connectivity index (χ4v) is 2.91. The Balaban J connectivity index is 2.72. The van der Waals surface area contributed by atoms with E-state index in [0.717, 1.165) is 33.5 Å². The summed E-state index contributed by atoms with van der Waals surface area (Å²) >= 11 is 9.61. The minimum atomic E-state index is 0.412. The quantitative estimate of drug-likeness (QED) is 0.842. The molecule has 1 aromatic heterocycles. The summed E-state index contributed by atoms with van der Waals surface area (Å²) in [6.45, 7) is 6.16. The fraction of sp³-hybridized carbons (Fsp3) is 0.333. The van der Waals surface area contributed by atoms with E-state index in [4.69, 9.17) is 11.6 Å². The van der Waals surface area contributed by atoms with Crippen LogP contribution in [0.25, 0.3) is 5.69 Å². The SMILES string of the molecule is CCc1nnc(Cl)n1-c1c(C)cc(Br)cc1C. The highest BCUT2D eigenvalue weighted by atomic mass is 79.9. The van der Waals surface area contributed by atoms with Crippen molar-refractivity contribution in [2.45, 2.75) is 27.2 Å². The zero-order valence-electron chi connectivity index (χ0n) is 9.96. The highest BCUT2D eigenvalue weighted by Crippen LogP contribution is 2.27. The van der Waals surface area contributed by atoms with E-state index in [-0.39, 0.29) is 0 Å². The van der Waals surface area contributed by atoms with Gasteiger partial charge >= 0.3 is 0 Å². The van der Waals surface area contributed by atoms with Crippen molar-refractivity contribution < 1.29 is 0 Å². The van der Waals surface area contributed by atoms with Crippen LogP contribution in [0.3, 0.4) is 0 Å². The monoisotopic (exact) mass is 313 g/mol. The van der Waals surface area contributed by atoms with Crippen LogP contribution in [0.15, 0.2) is 16.6 Å². The van der Waals surface area contributed by atoms with Gasteiger partial charge in [0.15, 0.2) is 0 Å². The lowest BCUT2D eigenvalue weighted by atomic mass is 10.1. The minimum absolute atomic E-state index is 0.412. The van der Waals surface area contributed by atoms with E-state index in [2.05, 4.69) is 52.1 Å². The van der Waals surface area contributed by atoms with Gasteiger partial charge in [0.05, 0.1) is 5.69 Å². The Bertz CT molecular complexity index is 540. The van der Waals surface area contributed by atoms with Gasteiger partial charge in [0, 0.05) is 10.9 Å². The van der Waals surface area contributed by atoms with Crippen LogP contribution in [0.5, 0.6) is 0 Å². The molecule has 0 N–H and O–H groups in total. The smallest absolute Gasteiger partial charge is 0.229 e. The first kappa shape index (κ1) is 12.6. The fourth-order valence-electron chi connectivity index (χ4n) is 2.00. The van der Waals surface area contributed by atoms with Gasteiger partial charge in [-0.15, -0.1) is 10.2 Å². The van der Waals surface area contributed by atoms with E-state index in [1.54, 1.807) is 0 Å². The van der Waals surface area contributed by atoms with Gasteiger partial charge in [-0.1, -0.05) is 22.9 Å². The van der Waals surface area contributed by atoms with Crippen LogP contribution >= 0.6 is 27.5 Å². The lowest BCUT2D eigenvalue weighted by molar-refractivity contribution is 0.874. The van der Waals surface area contributed by atoms with Crippen LogP contribution in [0.2, 0.25) is 5.28 Å². The number of aromatic nitrogens is 3. The van der Waals surface area contributed by atoms with Gasteiger partial charge in [-0.25, -0.2) is 0 Å². The summed E-state index contributed by atoms with van der Waals surface area (Å²) in [6, 6.07) is 4.14. The highest BCUT2D eigenvalue weighted by molar-refractivity contribution is 9.10. The summed E-state index contributed by atoms with van der Waals surface area (Å²) in [5.41, 5.74) is 3.36. The number of hydrogen-bond donors (Lipinski definition) is 0. The molecule has 0 fully saturated rings. The molecule has 0 spiro atoms.